The first-order valence-corrected chi connectivity index (χ1v) is 7.64. The van der Waals surface area contributed by atoms with Crippen LogP contribution in [0.25, 0.3) is 11.1 Å². The summed E-state index contributed by atoms with van der Waals surface area (Å²) in [5.74, 6) is 0.139. The number of anilines is 1. The average molecular weight is 315 g/mol. The third-order valence-corrected chi connectivity index (χ3v) is 3.63. The Morgan fingerprint density at radius 1 is 0.792 bits per heavy atom. The predicted molar refractivity (Wildman–Crippen MR) is 97.1 cm³/mol. The lowest BCUT2D eigenvalue weighted by molar-refractivity contribution is 0.104. The van der Waals surface area contributed by atoms with Gasteiger partial charge in [0.15, 0.2) is 5.78 Å². The van der Waals surface area contributed by atoms with Crippen molar-refractivity contribution in [3.63, 3.8) is 0 Å². The van der Waals surface area contributed by atoms with Gasteiger partial charge >= 0.3 is 0 Å². The largest absolute Gasteiger partial charge is 0.508 e. The molecule has 3 nitrogen and oxygen atoms in total. The molecule has 2 N–H and O–H groups in total. The molecule has 0 amide bonds. The van der Waals surface area contributed by atoms with Crippen molar-refractivity contribution in [2.24, 2.45) is 0 Å². The quantitative estimate of drug-likeness (QED) is 0.401. The number of phenolic OH excluding ortho intramolecular Hbond substituents is 1. The Balaban J connectivity index is 1.64. The Morgan fingerprint density at radius 3 is 2.08 bits per heavy atom. The number of hydrogen-bond acceptors (Lipinski definition) is 3. The van der Waals surface area contributed by atoms with E-state index in [2.05, 4.69) is 5.32 Å². The average Bonchev–Trinajstić information content (AvgIpc) is 2.64. The summed E-state index contributed by atoms with van der Waals surface area (Å²) in [6.07, 6.45) is 3.09. The van der Waals surface area contributed by atoms with Crippen molar-refractivity contribution in [1.82, 2.24) is 0 Å². The van der Waals surface area contributed by atoms with Crippen LogP contribution in [0.15, 0.2) is 91.1 Å². The van der Waals surface area contributed by atoms with E-state index in [1.165, 1.54) is 6.08 Å². The van der Waals surface area contributed by atoms with Crippen molar-refractivity contribution in [2.45, 2.75) is 0 Å². The van der Waals surface area contributed by atoms with Crippen molar-refractivity contribution >= 4 is 11.5 Å². The van der Waals surface area contributed by atoms with Crippen LogP contribution in [0.2, 0.25) is 0 Å². The highest BCUT2D eigenvalue weighted by Crippen LogP contribution is 2.19. The highest BCUT2D eigenvalue weighted by molar-refractivity contribution is 6.04. The summed E-state index contributed by atoms with van der Waals surface area (Å²) >= 11 is 0. The van der Waals surface area contributed by atoms with Gasteiger partial charge in [-0.1, -0.05) is 54.6 Å². The minimum atomic E-state index is -0.0686. The molecule has 0 heterocycles. The molecule has 0 unspecified atom stereocenters. The molecule has 24 heavy (non-hydrogen) atoms. The van der Waals surface area contributed by atoms with E-state index >= 15 is 0 Å². The summed E-state index contributed by atoms with van der Waals surface area (Å²) in [5.41, 5.74) is 3.65. The van der Waals surface area contributed by atoms with E-state index in [1.54, 1.807) is 30.5 Å². The van der Waals surface area contributed by atoms with Crippen LogP contribution in [0.3, 0.4) is 0 Å². The van der Waals surface area contributed by atoms with E-state index in [-0.39, 0.29) is 11.5 Å². The van der Waals surface area contributed by atoms with Crippen molar-refractivity contribution in [3.05, 3.63) is 96.7 Å². The van der Waals surface area contributed by atoms with Crippen molar-refractivity contribution in [1.29, 1.82) is 0 Å². The molecule has 0 aliphatic rings. The van der Waals surface area contributed by atoms with Crippen LogP contribution >= 0.6 is 0 Å². The van der Waals surface area contributed by atoms with Gasteiger partial charge in [-0.2, -0.15) is 0 Å². The molecule has 0 bridgehead atoms. The molecule has 0 atom stereocenters. The van der Waals surface area contributed by atoms with Crippen LogP contribution in [0.1, 0.15) is 10.4 Å². The number of benzene rings is 3. The first-order chi connectivity index (χ1) is 11.7. The van der Waals surface area contributed by atoms with Crippen LogP contribution in [0, 0.1) is 0 Å². The molecule has 0 fully saturated rings. The number of hydrogen-bond donors (Lipinski definition) is 2. The van der Waals surface area contributed by atoms with Crippen molar-refractivity contribution in [3.8, 4) is 16.9 Å². The maximum atomic E-state index is 12.2. The van der Waals surface area contributed by atoms with Crippen LogP contribution in [-0.2, 0) is 0 Å². The number of allylic oxidation sites excluding steroid dienone is 1. The zero-order valence-corrected chi connectivity index (χ0v) is 13.0. The number of carbonyl (C=O) groups is 1. The van der Waals surface area contributed by atoms with Gasteiger partial charge in [0.25, 0.3) is 0 Å². The number of ketones is 1. The van der Waals surface area contributed by atoms with Gasteiger partial charge in [0.05, 0.1) is 0 Å². The predicted octanol–water partition coefficient (Wildman–Crippen LogP) is 4.87. The van der Waals surface area contributed by atoms with E-state index in [0.29, 0.717) is 5.56 Å². The van der Waals surface area contributed by atoms with Crippen LogP contribution in [0.4, 0.5) is 5.69 Å². The summed E-state index contributed by atoms with van der Waals surface area (Å²) < 4.78 is 0. The van der Waals surface area contributed by atoms with Gasteiger partial charge in [0.1, 0.15) is 5.75 Å². The third kappa shape index (κ3) is 3.90. The first-order valence-electron chi connectivity index (χ1n) is 7.64. The lowest BCUT2D eigenvalue weighted by Gasteiger charge is -2.03. The first kappa shape index (κ1) is 15.6. The lowest BCUT2D eigenvalue weighted by atomic mass is 10.0. The Morgan fingerprint density at radius 2 is 1.42 bits per heavy atom. The molecule has 3 aromatic rings. The topological polar surface area (TPSA) is 49.3 Å². The van der Waals surface area contributed by atoms with Gasteiger partial charge in [-0.3, -0.25) is 4.79 Å². The normalized spacial score (nSPS) is 10.7. The number of phenols is 1. The molecule has 3 rings (SSSR count). The van der Waals surface area contributed by atoms with Crippen LogP contribution in [0.5, 0.6) is 5.75 Å². The second kappa shape index (κ2) is 7.29. The fourth-order valence-electron chi connectivity index (χ4n) is 2.33. The number of carbonyl (C=O) groups excluding carboxylic acids is 1. The molecular weight excluding hydrogens is 298 g/mol. The SMILES string of the molecule is O=C(/C=C/Nc1ccc(O)cc1)c1ccc(-c2ccccc2)cc1. The zero-order valence-electron chi connectivity index (χ0n) is 13.0. The number of aromatic hydroxyl groups is 1. The summed E-state index contributed by atoms with van der Waals surface area (Å²) in [4.78, 5) is 12.2. The Hall–Kier alpha value is -3.33. The Labute approximate surface area is 140 Å². The lowest BCUT2D eigenvalue weighted by Crippen LogP contribution is -1.96. The smallest absolute Gasteiger partial charge is 0.187 e. The van der Waals surface area contributed by atoms with Crippen molar-refractivity contribution < 1.29 is 9.90 Å². The standard InChI is InChI=1S/C21H17NO2/c23-20-12-10-19(11-13-20)22-15-14-21(24)18-8-6-17(7-9-18)16-4-2-1-3-5-16/h1-15,22-23H/b15-14+. The molecule has 3 aromatic carbocycles. The van der Waals surface area contributed by atoms with Gasteiger partial charge in [0, 0.05) is 23.5 Å². The summed E-state index contributed by atoms with van der Waals surface area (Å²) in [7, 11) is 0. The molecule has 0 aliphatic heterocycles. The number of rotatable bonds is 5. The molecule has 0 spiro atoms. The fourth-order valence-corrected chi connectivity index (χ4v) is 2.33. The Bertz CT molecular complexity index is 835. The maximum absolute atomic E-state index is 12.2. The van der Waals surface area contributed by atoms with E-state index < -0.39 is 0 Å². The van der Waals surface area contributed by atoms with Gasteiger partial charge in [-0.15, -0.1) is 0 Å². The van der Waals surface area contributed by atoms with Gasteiger partial charge in [0.2, 0.25) is 0 Å². The van der Waals surface area contributed by atoms with E-state index in [0.717, 1.165) is 16.8 Å². The van der Waals surface area contributed by atoms with E-state index in [4.69, 9.17) is 0 Å². The van der Waals surface area contributed by atoms with Gasteiger partial charge < -0.3 is 10.4 Å². The summed E-state index contributed by atoms with van der Waals surface area (Å²) in [6.45, 7) is 0. The minimum absolute atomic E-state index is 0.0686. The maximum Gasteiger partial charge on any atom is 0.187 e. The third-order valence-electron chi connectivity index (χ3n) is 3.63. The molecular formula is C21H17NO2. The second-order valence-electron chi connectivity index (χ2n) is 5.33. The van der Waals surface area contributed by atoms with E-state index in [9.17, 15) is 9.90 Å². The molecule has 0 saturated heterocycles. The second-order valence-corrected chi connectivity index (χ2v) is 5.33. The summed E-state index contributed by atoms with van der Waals surface area (Å²) in [5, 5.41) is 12.2. The highest BCUT2D eigenvalue weighted by atomic mass is 16.3. The number of nitrogens with one attached hydrogen (secondary N) is 1. The van der Waals surface area contributed by atoms with Gasteiger partial charge in [-0.05, 0) is 35.4 Å². The van der Waals surface area contributed by atoms with E-state index in [1.807, 2.05) is 54.6 Å². The molecule has 118 valence electrons. The van der Waals surface area contributed by atoms with Crippen molar-refractivity contribution in [2.75, 3.05) is 5.32 Å². The molecule has 0 aromatic heterocycles. The molecule has 0 radical (unpaired) electrons. The van der Waals surface area contributed by atoms with Gasteiger partial charge in [-0.25, -0.2) is 0 Å². The molecule has 0 saturated carbocycles. The highest BCUT2D eigenvalue weighted by Gasteiger charge is 2.02. The monoisotopic (exact) mass is 315 g/mol. The zero-order chi connectivity index (χ0) is 16.8. The molecule has 3 heteroatoms. The van der Waals surface area contributed by atoms with Crippen LogP contribution in [-0.4, -0.2) is 10.9 Å². The molecule has 0 aliphatic carbocycles. The Kier molecular flexibility index (Phi) is 4.73. The van der Waals surface area contributed by atoms with Crippen LogP contribution < -0.4 is 5.32 Å². The fraction of sp³-hybridized carbons (Fsp3) is 0. The summed E-state index contributed by atoms with van der Waals surface area (Å²) in [6, 6.07) is 24.2. The minimum Gasteiger partial charge on any atom is -0.508 e.